The maximum Gasteiger partial charge on any atom is 0.134 e. The van der Waals surface area contributed by atoms with E-state index >= 15 is 0 Å². The average Bonchev–Trinajstić information content (AvgIpc) is 2.30. The highest BCUT2D eigenvalue weighted by atomic mass is 15.2. The van der Waals surface area contributed by atoms with E-state index in [2.05, 4.69) is 47.9 Å². The van der Waals surface area contributed by atoms with Gasteiger partial charge in [-0.3, -0.25) is 0 Å². The lowest BCUT2D eigenvalue weighted by atomic mass is 10.0. The molecule has 1 rings (SSSR count). The molecule has 1 heterocycles. The molecule has 0 unspecified atom stereocenters. The van der Waals surface area contributed by atoms with Gasteiger partial charge in [-0.05, 0) is 40.7 Å². The summed E-state index contributed by atoms with van der Waals surface area (Å²) in [6, 6.07) is 1.99. The number of nitrogens with two attached hydrogens (primary N) is 1. The lowest BCUT2D eigenvalue weighted by Crippen LogP contribution is -2.34. The van der Waals surface area contributed by atoms with Crippen molar-refractivity contribution in [3.05, 3.63) is 12.4 Å². The molecular formula is C13H25N5. The Bertz CT molecular complexity index is 360. The first kappa shape index (κ1) is 14.7. The number of nitrogens with zero attached hydrogens (tertiary/aromatic N) is 3. The van der Waals surface area contributed by atoms with E-state index in [9.17, 15) is 0 Å². The van der Waals surface area contributed by atoms with Gasteiger partial charge in [-0.1, -0.05) is 0 Å². The van der Waals surface area contributed by atoms with E-state index in [4.69, 9.17) is 5.73 Å². The highest BCUT2D eigenvalue weighted by Gasteiger charge is 2.17. The van der Waals surface area contributed by atoms with Crippen molar-refractivity contribution in [2.24, 2.45) is 5.73 Å². The normalized spacial score (nSPS) is 11.4. The van der Waals surface area contributed by atoms with E-state index in [1.54, 1.807) is 6.33 Å². The molecule has 0 atom stereocenters. The Morgan fingerprint density at radius 3 is 2.50 bits per heavy atom. The molecule has 0 saturated carbocycles. The maximum absolute atomic E-state index is 5.61. The second kappa shape index (κ2) is 6.54. The fraction of sp³-hybridized carbons (Fsp3) is 0.692. The molecule has 0 spiro atoms. The summed E-state index contributed by atoms with van der Waals surface area (Å²) in [4.78, 5) is 10.8. The number of anilines is 2. The van der Waals surface area contributed by atoms with Crippen molar-refractivity contribution in [3.8, 4) is 0 Å². The SMILES string of the molecule is CCN(CC)c1cc(NC(C)(C)CCN)ncn1. The van der Waals surface area contributed by atoms with Crippen LogP contribution in [0.2, 0.25) is 0 Å². The second-order valence-corrected chi connectivity index (χ2v) is 4.98. The first-order chi connectivity index (χ1) is 8.52. The monoisotopic (exact) mass is 251 g/mol. The van der Waals surface area contributed by atoms with Crippen LogP contribution < -0.4 is 16.0 Å². The average molecular weight is 251 g/mol. The quantitative estimate of drug-likeness (QED) is 0.774. The molecule has 1 aromatic rings. The van der Waals surface area contributed by atoms with Gasteiger partial charge in [-0.15, -0.1) is 0 Å². The zero-order valence-corrected chi connectivity index (χ0v) is 11.9. The molecule has 0 saturated heterocycles. The topological polar surface area (TPSA) is 67.1 Å². The Kier molecular flexibility index (Phi) is 5.34. The summed E-state index contributed by atoms with van der Waals surface area (Å²) in [7, 11) is 0. The lowest BCUT2D eigenvalue weighted by molar-refractivity contribution is 0.524. The first-order valence-electron chi connectivity index (χ1n) is 6.57. The van der Waals surface area contributed by atoms with Crippen LogP contribution in [0.3, 0.4) is 0 Å². The van der Waals surface area contributed by atoms with Crippen LogP contribution in [-0.2, 0) is 0 Å². The molecule has 18 heavy (non-hydrogen) atoms. The highest BCUT2D eigenvalue weighted by molar-refractivity contribution is 5.49. The van der Waals surface area contributed by atoms with Gasteiger partial charge in [0.25, 0.3) is 0 Å². The summed E-state index contributed by atoms with van der Waals surface area (Å²) in [6.07, 6.45) is 2.51. The van der Waals surface area contributed by atoms with Gasteiger partial charge < -0.3 is 16.0 Å². The number of hydrogen-bond donors (Lipinski definition) is 2. The van der Waals surface area contributed by atoms with Crippen LogP contribution in [0, 0.1) is 0 Å². The van der Waals surface area contributed by atoms with Crippen molar-refractivity contribution >= 4 is 11.6 Å². The van der Waals surface area contributed by atoms with Crippen molar-refractivity contribution in [1.82, 2.24) is 9.97 Å². The Hall–Kier alpha value is -1.36. The summed E-state index contributed by atoms with van der Waals surface area (Å²) in [6.45, 7) is 11.0. The molecule has 0 aliphatic rings. The van der Waals surface area contributed by atoms with Crippen molar-refractivity contribution in [3.63, 3.8) is 0 Å². The molecule has 5 heteroatoms. The van der Waals surface area contributed by atoms with Gasteiger partial charge in [0.05, 0.1) is 0 Å². The Morgan fingerprint density at radius 1 is 1.28 bits per heavy atom. The summed E-state index contributed by atoms with van der Waals surface area (Å²) in [5, 5.41) is 3.40. The molecule has 3 N–H and O–H groups in total. The van der Waals surface area contributed by atoms with Gasteiger partial charge >= 0.3 is 0 Å². The van der Waals surface area contributed by atoms with E-state index < -0.39 is 0 Å². The zero-order valence-electron chi connectivity index (χ0n) is 11.9. The molecule has 0 aliphatic carbocycles. The third-order valence-electron chi connectivity index (χ3n) is 2.98. The van der Waals surface area contributed by atoms with E-state index in [0.717, 1.165) is 31.1 Å². The summed E-state index contributed by atoms with van der Waals surface area (Å²) in [5.74, 6) is 1.81. The number of hydrogen-bond acceptors (Lipinski definition) is 5. The molecule has 0 radical (unpaired) electrons. The Morgan fingerprint density at radius 2 is 1.94 bits per heavy atom. The molecule has 1 aromatic heterocycles. The Balaban J connectivity index is 2.82. The van der Waals surface area contributed by atoms with Gasteiger partial charge in [0.1, 0.15) is 18.0 Å². The van der Waals surface area contributed by atoms with Crippen molar-refractivity contribution in [2.75, 3.05) is 29.9 Å². The van der Waals surface area contributed by atoms with Crippen LogP contribution in [0.1, 0.15) is 34.1 Å². The van der Waals surface area contributed by atoms with Gasteiger partial charge in [0.15, 0.2) is 0 Å². The van der Waals surface area contributed by atoms with Gasteiger partial charge in [0.2, 0.25) is 0 Å². The standard InChI is InChI=1S/C13H25N5/c1-5-18(6-2)12-9-11(15-10-16-12)17-13(3,4)7-8-14/h9-10H,5-8,14H2,1-4H3,(H,15,16,17). The van der Waals surface area contributed by atoms with Crippen LogP contribution in [0.25, 0.3) is 0 Å². The van der Waals surface area contributed by atoms with E-state index in [1.165, 1.54) is 0 Å². The predicted molar refractivity (Wildman–Crippen MR) is 77.0 cm³/mol. The smallest absolute Gasteiger partial charge is 0.134 e. The predicted octanol–water partition coefficient (Wildman–Crippen LogP) is 1.86. The minimum absolute atomic E-state index is 0.0520. The third kappa shape index (κ3) is 4.14. The van der Waals surface area contributed by atoms with Crippen molar-refractivity contribution in [1.29, 1.82) is 0 Å². The molecule has 0 amide bonds. The Labute approximate surface area is 110 Å². The fourth-order valence-corrected chi connectivity index (χ4v) is 1.91. The van der Waals surface area contributed by atoms with Crippen LogP contribution in [-0.4, -0.2) is 35.1 Å². The minimum Gasteiger partial charge on any atom is -0.365 e. The largest absolute Gasteiger partial charge is 0.365 e. The summed E-state index contributed by atoms with van der Waals surface area (Å²) < 4.78 is 0. The van der Waals surface area contributed by atoms with E-state index in [0.29, 0.717) is 6.54 Å². The van der Waals surface area contributed by atoms with Crippen molar-refractivity contribution in [2.45, 2.75) is 39.7 Å². The number of aromatic nitrogens is 2. The van der Waals surface area contributed by atoms with Crippen molar-refractivity contribution < 1.29 is 0 Å². The molecule has 0 bridgehead atoms. The van der Waals surface area contributed by atoms with Crippen LogP contribution in [0.15, 0.2) is 12.4 Å². The van der Waals surface area contributed by atoms with Crippen LogP contribution in [0.5, 0.6) is 0 Å². The molecule has 0 fully saturated rings. The van der Waals surface area contributed by atoms with Gasteiger partial charge in [0, 0.05) is 24.7 Å². The molecule has 5 nitrogen and oxygen atoms in total. The van der Waals surface area contributed by atoms with Gasteiger partial charge in [-0.2, -0.15) is 0 Å². The second-order valence-electron chi connectivity index (χ2n) is 4.98. The van der Waals surface area contributed by atoms with E-state index in [1.807, 2.05) is 6.07 Å². The lowest BCUT2D eigenvalue weighted by Gasteiger charge is -2.27. The number of rotatable bonds is 7. The third-order valence-corrected chi connectivity index (χ3v) is 2.98. The summed E-state index contributed by atoms with van der Waals surface area (Å²) in [5.41, 5.74) is 5.56. The first-order valence-corrected chi connectivity index (χ1v) is 6.57. The molecule has 0 aliphatic heterocycles. The van der Waals surface area contributed by atoms with Crippen LogP contribution >= 0.6 is 0 Å². The zero-order chi connectivity index (χ0) is 13.6. The molecule has 102 valence electrons. The van der Waals surface area contributed by atoms with Gasteiger partial charge in [-0.25, -0.2) is 9.97 Å². The fourth-order valence-electron chi connectivity index (χ4n) is 1.91. The molecule has 0 aromatic carbocycles. The summed E-state index contributed by atoms with van der Waals surface area (Å²) >= 11 is 0. The highest BCUT2D eigenvalue weighted by Crippen LogP contribution is 2.19. The molecular weight excluding hydrogens is 226 g/mol. The van der Waals surface area contributed by atoms with Crippen LogP contribution in [0.4, 0.5) is 11.6 Å². The van der Waals surface area contributed by atoms with E-state index in [-0.39, 0.29) is 5.54 Å². The number of nitrogens with one attached hydrogen (secondary N) is 1. The minimum atomic E-state index is -0.0520. The maximum atomic E-state index is 5.61.